The summed E-state index contributed by atoms with van der Waals surface area (Å²) >= 11 is 1.57. The highest BCUT2D eigenvalue weighted by Gasteiger charge is 2.22. The lowest BCUT2D eigenvalue weighted by Gasteiger charge is -2.22. The van der Waals surface area contributed by atoms with Gasteiger partial charge in [0, 0.05) is 0 Å². The van der Waals surface area contributed by atoms with Crippen molar-refractivity contribution in [2.24, 2.45) is 5.73 Å². The predicted molar refractivity (Wildman–Crippen MR) is 83.9 cm³/mol. The van der Waals surface area contributed by atoms with E-state index in [1.807, 2.05) is 36.6 Å². The number of aliphatic hydroxyl groups is 1. The summed E-state index contributed by atoms with van der Waals surface area (Å²) in [5, 5.41) is 14.6. The van der Waals surface area contributed by atoms with Gasteiger partial charge in [-0.3, -0.25) is 4.79 Å². The van der Waals surface area contributed by atoms with E-state index in [0.717, 1.165) is 5.56 Å². The molecular weight excluding hydrogens is 290 g/mol. The third kappa shape index (κ3) is 6.05. The lowest BCUT2D eigenvalue weighted by molar-refractivity contribution is -0.124. The number of nitrogens with one attached hydrogen (secondary N) is 2. The first-order chi connectivity index (χ1) is 10.1. The monoisotopic (exact) mass is 311 g/mol. The Morgan fingerprint density at radius 2 is 1.95 bits per heavy atom. The molecule has 2 atom stereocenters. The predicted octanol–water partition coefficient (Wildman–Crippen LogP) is 0.626. The van der Waals surface area contributed by atoms with Crippen molar-refractivity contribution in [1.82, 2.24) is 10.6 Å². The quantitative estimate of drug-likeness (QED) is 0.565. The molecule has 116 valence electrons. The van der Waals surface area contributed by atoms with Crippen LogP contribution in [0.2, 0.25) is 0 Å². The van der Waals surface area contributed by atoms with Gasteiger partial charge in [0.25, 0.3) is 0 Å². The summed E-state index contributed by atoms with van der Waals surface area (Å²) in [6.45, 7) is -0.221. The second kappa shape index (κ2) is 9.25. The molecule has 0 saturated heterocycles. The minimum Gasteiger partial charge on any atom is -0.394 e. The van der Waals surface area contributed by atoms with Crippen molar-refractivity contribution in [2.45, 2.75) is 18.5 Å². The van der Waals surface area contributed by atoms with Crippen LogP contribution in [0, 0.1) is 0 Å². The minimum absolute atomic E-state index is 0.221. The van der Waals surface area contributed by atoms with Crippen molar-refractivity contribution in [3.63, 3.8) is 0 Å². The number of nitrogens with two attached hydrogens (primary N) is 1. The Balaban J connectivity index is 2.71. The van der Waals surface area contributed by atoms with Crippen LogP contribution in [-0.2, 0) is 4.79 Å². The van der Waals surface area contributed by atoms with Crippen LogP contribution in [0.15, 0.2) is 30.3 Å². The Morgan fingerprint density at radius 3 is 2.48 bits per heavy atom. The van der Waals surface area contributed by atoms with Crippen molar-refractivity contribution in [1.29, 1.82) is 0 Å². The maximum absolute atomic E-state index is 12.2. The Hall–Kier alpha value is -1.73. The third-order valence-electron chi connectivity index (χ3n) is 2.94. The Morgan fingerprint density at radius 1 is 1.29 bits per heavy atom. The molecule has 0 saturated carbocycles. The van der Waals surface area contributed by atoms with Crippen molar-refractivity contribution < 1.29 is 14.7 Å². The molecular formula is C14H21N3O3S. The summed E-state index contributed by atoms with van der Waals surface area (Å²) in [5.41, 5.74) is 5.89. The molecule has 21 heavy (non-hydrogen) atoms. The number of aliphatic hydroxyl groups excluding tert-OH is 1. The van der Waals surface area contributed by atoms with Crippen LogP contribution in [0.1, 0.15) is 18.0 Å². The van der Waals surface area contributed by atoms with E-state index in [0.29, 0.717) is 12.2 Å². The van der Waals surface area contributed by atoms with E-state index in [2.05, 4.69) is 10.6 Å². The summed E-state index contributed by atoms with van der Waals surface area (Å²) in [5.74, 6) is 0.360. The van der Waals surface area contributed by atoms with Crippen molar-refractivity contribution in [3.8, 4) is 0 Å². The second-order valence-electron chi connectivity index (χ2n) is 4.50. The zero-order valence-corrected chi connectivity index (χ0v) is 12.7. The number of carbonyl (C=O) groups excluding carboxylic acids is 2. The van der Waals surface area contributed by atoms with E-state index in [-0.39, 0.29) is 12.5 Å². The molecule has 0 fully saturated rings. The zero-order valence-electron chi connectivity index (χ0n) is 11.9. The Bertz CT molecular complexity index is 456. The van der Waals surface area contributed by atoms with Crippen LogP contribution in [-0.4, -0.2) is 41.7 Å². The lowest BCUT2D eigenvalue weighted by Crippen LogP contribution is -2.50. The summed E-state index contributed by atoms with van der Waals surface area (Å²) < 4.78 is 0. The van der Waals surface area contributed by atoms with Crippen LogP contribution >= 0.6 is 11.8 Å². The molecule has 3 amide bonds. The highest BCUT2D eigenvalue weighted by Crippen LogP contribution is 2.12. The number of hydrogen-bond acceptors (Lipinski definition) is 4. The molecule has 0 bridgehead atoms. The fourth-order valence-electron chi connectivity index (χ4n) is 1.87. The van der Waals surface area contributed by atoms with Crippen molar-refractivity contribution in [3.05, 3.63) is 35.9 Å². The normalized spacial score (nSPS) is 13.2. The SMILES string of the molecule is CSCCC(NC(N)=O)C(=O)NC(CO)c1ccccc1. The molecule has 6 nitrogen and oxygen atoms in total. The summed E-state index contributed by atoms with van der Waals surface area (Å²) in [6.07, 6.45) is 2.39. The topological polar surface area (TPSA) is 104 Å². The van der Waals surface area contributed by atoms with Gasteiger partial charge in [-0.2, -0.15) is 11.8 Å². The molecule has 2 unspecified atom stereocenters. The number of urea groups is 1. The molecule has 1 rings (SSSR count). The van der Waals surface area contributed by atoms with E-state index in [1.165, 1.54) is 0 Å². The third-order valence-corrected chi connectivity index (χ3v) is 3.59. The van der Waals surface area contributed by atoms with Gasteiger partial charge in [0.15, 0.2) is 0 Å². The van der Waals surface area contributed by atoms with Gasteiger partial charge in [0.2, 0.25) is 5.91 Å². The second-order valence-corrected chi connectivity index (χ2v) is 5.48. The van der Waals surface area contributed by atoms with Gasteiger partial charge in [-0.15, -0.1) is 0 Å². The molecule has 7 heteroatoms. The molecule has 0 aliphatic carbocycles. The molecule has 5 N–H and O–H groups in total. The smallest absolute Gasteiger partial charge is 0.312 e. The molecule has 0 aromatic heterocycles. The minimum atomic E-state index is -0.739. The molecule has 0 spiro atoms. The zero-order chi connectivity index (χ0) is 15.7. The average Bonchev–Trinajstić information content (AvgIpc) is 2.49. The number of thioether (sulfide) groups is 1. The number of rotatable bonds is 8. The molecule has 1 aromatic rings. The van der Waals surface area contributed by atoms with Crippen molar-refractivity contribution in [2.75, 3.05) is 18.6 Å². The highest BCUT2D eigenvalue weighted by molar-refractivity contribution is 7.98. The van der Waals surface area contributed by atoms with E-state index in [4.69, 9.17) is 5.73 Å². The maximum Gasteiger partial charge on any atom is 0.312 e. The lowest BCUT2D eigenvalue weighted by atomic mass is 10.1. The average molecular weight is 311 g/mol. The summed E-state index contributed by atoms with van der Waals surface area (Å²) in [4.78, 5) is 23.2. The van der Waals surface area contributed by atoms with Crippen LogP contribution in [0.4, 0.5) is 4.79 Å². The fraction of sp³-hybridized carbons (Fsp3) is 0.429. The summed E-state index contributed by atoms with van der Waals surface area (Å²) in [7, 11) is 0. The van der Waals surface area contributed by atoms with Gasteiger partial charge >= 0.3 is 6.03 Å². The number of carbonyl (C=O) groups is 2. The van der Waals surface area contributed by atoms with Crippen LogP contribution in [0.25, 0.3) is 0 Å². The van der Waals surface area contributed by atoms with Gasteiger partial charge in [-0.25, -0.2) is 4.79 Å². The van der Waals surface area contributed by atoms with Gasteiger partial charge < -0.3 is 21.5 Å². The number of benzene rings is 1. The standard InChI is InChI=1S/C14H21N3O3S/c1-21-8-7-11(17-14(15)20)13(19)16-12(9-18)10-5-3-2-4-6-10/h2-6,11-12,18H,7-9H2,1H3,(H,16,19)(H3,15,17,20). The van der Waals surface area contributed by atoms with Crippen LogP contribution in [0.5, 0.6) is 0 Å². The molecule has 0 aliphatic rings. The maximum atomic E-state index is 12.2. The van der Waals surface area contributed by atoms with Crippen LogP contribution in [0.3, 0.4) is 0 Å². The number of amides is 3. The number of hydrogen-bond donors (Lipinski definition) is 4. The van der Waals surface area contributed by atoms with E-state index in [1.54, 1.807) is 11.8 Å². The summed E-state index contributed by atoms with van der Waals surface area (Å²) in [6, 6.07) is 7.21. The first kappa shape index (κ1) is 17.3. The molecule has 0 aliphatic heterocycles. The van der Waals surface area contributed by atoms with E-state index >= 15 is 0 Å². The first-order valence-corrected chi connectivity index (χ1v) is 7.99. The van der Waals surface area contributed by atoms with Gasteiger partial charge in [0.1, 0.15) is 6.04 Å². The van der Waals surface area contributed by atoms with E-state index < -0.39 is 18.1 Å². The van der Waals surface area contributed by atoms with Gasteiger partial charge in [-0.05, 0) is 24.0 Å². The molecule has 0 radical (unpaired) electrons. The Kier molecular flexibility index (Phi) is 7.63. The van der Waals surface area contributed by atoms with Crippen LogP contribution < -0.4 is 16.4 Å². The highest BCUT2D eigenvalue weighted by atomic mass is 32.2. The molecule has 1 aromatic carbocycles. The van der Waals surface area contributed by atoms with Crippen molar-refractivity contribution >= 4 is 23.7 Å². The first-order valence-electron chi connectivity index (χ1n) is 6.59. The fourth-order valence-corrected chi connectivity index (χ4v) is 2.34. The number of primary amides is 1. The van der Waals surface area contributed by atoms with Gasteiger partial charge in [0.05, 0.1) is 12.6 Å². The largest absolute Gasteiger partial charge is 0.394 e. The van der Waals surface area contributed by atoms with E-state index in [9.17, 15) is 14.7 Å². The molecule has 0 heterocycles. The Labute approximate surface area is 128 Å². The van der Waals surface area contributed by atoms with Gasteiger partial charge in [-0.1, -0.05) is 30.3 Å².